The third kappa shape index (κ3) is 4.60. The number of ether oxygens (including phenoxy) is 1. The van der Waals surface area contributed by atoms with Crippen LogP contribution in [0.5, 0.6) is 5.75 Å². The molecule has 3 nitrogen and oxygen atoms in total. The van der Waals surface area contributed by atoms with Crippen LogP contribution >= 0.6 is 15.9 Å². The monoisotopic (exact) mass is 347 g/mol. The summed E-state index contributed by atoms with van der Waals surface area (Å²) in [5.74, 6) is 0.987. The van der Waals surface area contributed by atoms with Crippen molar-refractivity contribution in [2.45, 2.75) is 19.3 Å². The van der Waals surface area contributed by atoms with Gasteiger partial charge in [0.1, 0.15) is 11.5 Å². The van der Waals surface area contributed by atoms with Crippen molar-refractivity contribution in [1.82, 2.24) is 0 Å². The normalized spacial score (nSPS) is 10.4. The molecule has 0 aliphatic heterocycles. The maximum atomic E-state index is 12.1. The molecule has 2 N–H and O–H groups in total. The van der Waals surface area contributed by atoms with Gasteiger partial charge < -0.3 is 10.5 Å². The molecule has 2 aromatic rings. The van der Waals surface area contributed by atoms with Crippen LogP contribution in [0, 0.1) is 0 Å². The molecule has 0 amide bonds. The van der Waals surface area contributed by atoms with Gasteiger partial charge in [-0.2, -0.15) is 0 Å². The van der Waals surface area contributed by atoms with Gasteiger partial charge in [-0.15, -0.1) is 0 Å². The number of Topliss-reactive ketones (excluding diaryl/α,β-unsaturated/α-hetero) is 1. The number of anilines is 1. The topological polar surface area (TPSA) is 52.3 Å². The van der Waals surface area contributed by atoms with Gasteiger partial charge in [-0.1, -0.05) is 18.2 Å². The number of ketones is 1. The maximum absolute atomic E-state index is 12.1. The molecule has 2 rings (SSSR count). The summed E-state index contributed by atoms with van der Waals surface area (Å²) in [6, 6.07) is 13.4. The minimum atomic E-state index is 0.217. The molecule has 0 aliphatic carbocycles. The number of methoxy groups -OCH3 is 1. The number of nitrogens with two attached hydrogens (primary N) is 1. The van der Waals surface area contributed by atoms with Crippen LogP contribution in [-0.4, -0.2) is 12.9 Å². The Kier molecular flexibility index (Phi) is 5.39. The van der Waals surface area contributed by atoms with E-state index in [-0.39, 0.29) is 5.78 Å². The number of rotatable bonds is 6. The number of halogens is 1. The zero-order valence-electron chi connectivity index (χ0n) is 11.9. The second-order valence-electron chi connectivity index (χ2n) is 4.93. The Balaban J connectivity index is 1.91. The molecule has 0 bridgehead atoms. The molecule has 4 heteroatoms. The number of hydrogen-bond donors (Lipinski definition) is 1. The lowest BCUT2D eigenvalue weighted by Gasteiger charge is -2.06. The van der Waals surface area contributed by atoms with Crippen LogP contribution in [0.3, 0.4) is 0 Å². The van der Waals surface area contributed by atoms with E-state index < -0.39 is 0 Å². The number of benzene rings is 2. The number of carbonyl (C=O) groups is 1. The lowest BCUT2D eigenvalue weighted by Crippen LogP contribution is -2.04. The Labute approximate surface area is 133 Å². The van der Waals surface area contributed by atoms with Gasteiger partial charge in [0, 0.05) is 18.5 Å². The van der Waals surface area contributed by atoms with Gasteiger partial charge in [0.25, 0.3) is 0 Å². The number of carbonyl (C=O) groups excluding carboxylic acids is 1. The largest absolute Gasteiger partial charge is 0.496 e. The van der Waals surface area contributed by atoms with E-state index in [0.29, 0.717) is 12.8 Å². The van der Waals surface area contributed by atoms with E-state index >= 15 is 0 Å². The molecule has 0 atom stereocenters. The summed E-state index contributed by atoms with van der Waals surface area (Å²) in [6.45, 7) is 0. The highest BCUT2D eigenvalue weighted by atomic mass is 79.9. The molecule has 0 aromatic heterocycles. The molecule has 0 unspecified atom stereocenters. The lowest BCUT2D eigenvalue weighted by atomic mass is 10.0. The van der Waals surface area contributed by atoms with Crippen molar-refractivity contribution in [3.05, 3.63) is 58.1 Å². The van der Waals surface area contributed by atoms with Gasteiger partial charge >= 0.3 is 0 Å². The van der Waals surface area contributed by atoms with Crippen LogP contribution < -0.4 is 10.5 Å². The third-order valence-electron chi connectivity index (χ3n) is 3.26. The van der Waals surface area contributed by atoms with E-state index in [1.54, 1.807) is 7.11 Å². The summed E-state index contributed by atoms with van der Waals surface area (Å²) in [5.41, 5.74) is 8.55. The number of nitrogen functional groups attached to an aromatic ring is 1. The van der Waals surface area contributed by atoms with Crippen molar-refractivity contribution in [2.75, 3.05) is 12.8 Å². The van der Waals surface area contributed by atoms with Crippen molar-refractivity contribution < 1.29 is 9.53 Å². The highest BCUT2D eigenvalue weighted by molar-refractivity contribution is 9.10. The SMILES string of the molecule is COc1ccc(CC(=O)CCc2cccc(N)c2)cc1Br. The fourth-order valence-electron chi connectivity index (χ4n) is 2.17. The van der Waals surface area contributed by atoms with E-state index in [2.05, 4.69) is 15.9 Å². The first-order valence-electron chi connectivity index (χ1n) is 6.77. The molecule has 110 valence electrons. The number of hydrogen-bond acceptors (Lipinski definition) is 3. The van der Waals surface area contributed by atoms with E-state index in [9.17, 15) is 4.79 Å². The molecule has 21 heavy (non-hydrogen) atoms. The van der Waals surface area contributed by atoms with E-state index in [1.165, 1.54) is 0 Å². The zero-order valence-corrected chi connectivity index (χ0v) is 13.5. The van der Waals surface area contributed by atoms with Crippen molar-refractivity contribution in [3.63, 3.8) is 0 Å². The summed E-state index contributed by atoms with van der Waals surface area (Å²) < 4.78 is 6.04. The van der Waals surface area contributed by atoms with Gasteiger partial charge in [-0.25, -0.2) is 0 Å². The second kappa shape index (κ2) is 7.27. The highest BCUT2D eigenvalue weighted by Crippen LogP contribution is 2.25. The fourth-order valence-corrected chi connectivity index (χ4v) is 2.76. The zero-order chi connectivity index (χ0) is 15.2. The molecule has 0 radical (unpaired) electrons. The van der Waals surface area contributed by atoms with Crippen molar-refractivity contribution >= 4 is 27.4 Å². The summed E-state index contributed by atoms with van der Waals surface area (Å²) in [5, 5.41) is 0. The molecular weight excluding hydrogens is 330 g/mol. The first kappa shape index (κ1) is 15.6. The fraction of sp³-hybridized carbons (Fsp3) is 0.235. The van der Waals surface area contributed by atoms with Gasteiger partial charge in [0.2, 0.25) is 0 Å². The van der Waals surface area contributed by atoms with Crippen molar-refractivity contribution in [1.29, 1.82) is 0 Å². The standard InChI is InChI=1S/C17H18BrNO2/c1-21-17-8-6-13(11-16(17)18)10-15(20)7-5-12-3-2-4-14(19)9-12/h2-4,6,8-9,11H,5,7,10,19H2,1H3. The Morgan fingerprint density at radius 2 is 2.00 bits per heavy atom. The molecule has 0 aliphatic rings. The van der Waals surface area contributed by atoms with Crippen LogP contribution in [0.4, 0.5) is 5.69 Å². The summed E-state index contributed by atoms with van der Waals surface area (Å²) >= 11 is 3.43. The molecule has 0 saturated carbocycles. The third-order valence-corrected chi connectivity index (χ3v) is 3.88. The smallest absolute Gasteiger partial charge is 0.137 e. The van der Waals surface area contributed by atoms with Crippen LogP contribution in [0.25, 0.3) is 0 Å². The van der Waals surface area contributed by atoms with E-state index in [1.807, 2.05) is 42.5 Å². The average Bonchev–Trinajstić information content (AvgIpc) is 2.45. The summed E-state index contributed by atoms with van der Waals surface area (Å²) in [7, 11) is 1.62. The Morgan fingerprint density at radius 3 is 2.67 bits per heavy atom. The molecule has 0 saturated heterocycles. The first-order valence-corrected chi connectivity index (χ1v) is 7.56. The van der Waals surface area contributed by atoms with Gasteiger partial charge in [-0.3, -0.25) is 4.79 Å². The Morgan fingerprint density at radius 1 is 1.19 bits per heavy atom. The number of aryl methyl sites for hydroxylation is 1. The second-order valence-corrected chi connectivity index (χ2v) is 5.78. The molecule has 0 heterocycles. The van der Waals surface area contributed by atoms with Crippen LogP contribution in [0.2, 0.25) is 0 Å². The van der Waals surface area contributed by atoms with E-state index in [0.717, 1.165) is 33.5 Å². The quantitative estimate of drug-likeness (QED) is 0.809. The minimum Gasteiger partial charge on any atom is -0.496 e. The van der Waals surface area contributed by atoms with Gasteiger partial charge in [-0.05, 0) is 57.7 Å². The van der Waals surface area contributed by atoms with Crippen molar-refractivity contribution in [2.24, 2.45) is 0 Å². The minimum absolute atomic E-state index is 0.217. The average molecular weight is 348 g/mol. The maximum Gasteiger partial charge on any atom is 0.137 e. The van der Waals surface area contributed by atoms with Crippen LogP contribution in [0.15, 0.2) is 46.9 Å². The lowest BCUT2D eigenvalue weighted by molar-refractivity contribution is -0.118. The molecule has 2 aromatic carbocycles. The highest BCUT2D eigenvalue weighted by Gasteiger charge is 2.07. The summed E-state index contributed by atoms with van der Waals surface area (Å²) in [6.07, 6.45) is 1.68. The van der Waals surface area contributed by atoms with Crippen LogP contribution in [-0.2, 0) is 17.6 Å². The Hall–Kier alpha value is -1.81. The van der Waals surface area contributed by atoms with E-state index in [4.69, 9.17) is 10.5 Å². The van der Waals surface area contributed by atoms with Crippen LogP contribution in [0.1, 0.15) is 17.5 Å². The van der Waals surface area contributed by atoms with Gasteiger partial charge in [0.15, 0.2) is 0 Å². The Bertz CT molecular complexity index is 640. The molecular formula is C17H18BrNO2. The van der Waals surface area contributed by atoms with Crippen molar-refractivity contribution in [3.8, 4) is 5.75 Å². The first-order chi connectivity index (χ1) is 10.1. The molecule has 0 fully saturated rings. The summed E-state index contributed by atoms with van der Waals surface area (Å²) in [4.78, 5) is 12.1. The molecule has 0 spiro atoms. The predicted octanol–water partition coefficient (Wildman–Crippen LogP) is 3.78. The van der Waals surface area contributed by atoms with Gasteiger partial charge in [0.05, 0.1) is 11.6 Å². The predicted molar refractivity (Wildman–Crippen MR) is 88.6 cm³/mol.